The topological polar surface area (TPSA) is 51.0 Å². The number of thiazole rings is 1. The summed E-state index contributed by atoms with van der Waals surface area (Å²) in [5.74, 6) is 0.0816. The van der Waals surface area contributed by atoms with E-state index in [4.69, 9.17) is 0 Å². The highest BCUT2D eigenvalue weighted by Gasteiger charge is 2.31. The maximum absolute atomic E-state index is 12.9. The first-order valence-corrected chi connectivity index (χ1v) is 8.17. The number of hydrogen-bond donors (Lipinski definition) is 0. The van der Waals surface area contributed by atoms with Gasteiger partial charge in [0.15, 0.2) is 0 Å². The van der Waals surface area contributed by atoms with Gasteiger partial charge in [-0.25, -0.2) is 4.98 Å². The van der Waals surface area contributed by atoms with Crippen LogP contribution in [-0.4, -0.2) is 32.1 Å². The first-order valence-electron chi connectivity index (χ1n) is 7.29. The fourth-order valence-corrected chi connectivity index (χ4v) is 3.76. The molecule has 0 saturated carbocycles. The maximum atomic E-state index is 12.9. The summed E-state index contributed by atoms with van der Waals surface area (Å²) in [6, 6.07) is 0.115. The van der Waals surface area contributed by atoms with E-state index >= 15 is 0 Å². The number of piperidine rings is 1. The molecule has 1 fully saturated rings. The van der Waals surface area contributed by atoms with Crippen LogP contribution in [0.15, 0.2) is 11.6 Å². The van der Waals surface area contributed by atoms with Crippen molar-refractivity contribution in [2.45, 2.75) is 39.2 Å². The van der Waals surface area contributed by atoms with E-state index in [1.807, 2.05) is 25.8 Å². The van der Waals surface area contributed by atoms with Crippen LogP contribution >= 0.6 is 11.3 Å². The second-order valence-corrected chi connectivity index (χ2v) is 6.49. The number of carbonyl (C=O) groups is 1. The van der Waals surface area contributed by atoms with Gasteiger partial charge in [0.2, 0.25) is 0 Å². The van der Waals surface area contributed by atoms with Gasteiger partial charge in [0.1, 0.15) is 5.01 Å². The Bertz CT molecular complexity index is 660. The van der Waals surface area contributed by atoms with E-state index < -0.39 is 0 Å². The van der Waals surface area contributed by atoms with Gasteiger partial charge in [0, 0.05) is 30.4 Å². The summed E-state index contributed by atoms with van der Waals surface area (Å²) < 4.78 is 1.75. The van der Waals surface area contributed by atoms with E-state index in [9.17, 15) is 4.79 Å². The lowest BCUT2D eigenvalue weighted by Gasteiger charge is -2.34. The van der Waals surface area contributed by atoms with Gasteiger partial charge in [-0.1, -0.05) is 0 Å². The molecule has 3 heterocycles. The molecule has 2 aromatic heterocycles. The molecule has 0 radical (unpaired) electrons. The van der Waals surface area contributed by atoms with E-state index in [-0.39, 0.29) is 11.9 Å². The predicted molar refractivity (Wildman–Crippen MR) is 82.4 cm³/mol. The zero-order chi connectivity index (χ0) is 15.0. The molecule has 1 saturated heterocycles. The molecule has 0 N–H and O–H groups in total. The van der Waals surface area contributed by atoms with Gasteiger partial charge in [0.05, 0.1) is 17.8 Å². The van der Waals surface area contributed by atoms with E-state index in [0.717, 1.165) is 42.2 Å². The number of hydrogen-bond acceptors (Lipinski definition) is 4. The summed E-state index contributed by atoms with van der Waals surface area (Å²) in [6.07, 6.45) is 4.89. The molecule has 1 aliphatic heterocycles. The van der Waals surface area contributed by atoms with Crippen LogP contribution < -0.4 is 0 Å². The van der Waals surface area contributed by atoms with E-state index in [2.05, 4.69) is 15.5 Å². The fraction of sp³-hybridized carbons (Fsp3) is 0.533. The molecule has 0 unspecified atom stereocenters. The molecule has 21 heavy (non-hydrogen) atoms. The van der Waals surface area contributed by atoms with Crippen molar-refractivity contribution >= 4 is 17.2 Å². The third-order valence-corrected chi connectivity index (χ3v) is 5.21. The Morgan fingerprint density at radius 2 is 2.19 bits per heavy atom. The van der Waals surface area contributed by atoms with Crippen molar-refractivity contribution in [2.24, 2.45) is 7.05 Å². The summed E-state index contributed by atoms with van der Waals surface area (Å²) in [7, 11) is 1.87. The number of aromatic nitrogens is 3. The summed E-state index contributed by atoms with van der Waals surface area (Å²) >= 11 is 1.66. The van der Waals surface area contributed by atoms with E-state index in [1.165, 1.54) is 0 Å². The molecule has 0 spiro atoms. The normalized spacial score (nSPS) is 19.0. The van der Waals surface area contributed by atoms with Crippen LogP contribution in [0.1, 0.15) is 52.1 Å². The first-order chi connectivity index (χ1) is 10.1. The van der Waals surface area contributed by atoms with Crippen LogP contribution in [0.4, 0.5) is 0 Å². The number of amides is 1. The van der Waals surface area contributed by atoms with Crippen molar-refractivity contribution < 1.29 is 4.79 Å². The summed E-state index contributed by atoms with van der Waals surface area (Å²) in [4.78, 5) is 19.4. The van der Waals surface area contributed by atoms with Crippen molar-refractivity contribution in [3.63, 3.8) is 0 Å². The average molecular weight is 304 g/mol. The largest absolute Gasteiger partial charge is 0.329 e. The minimum atomic E-state index is 0.0816. The summed E-state index contributed by atoms with van der Waals surface area (Å²) in [5.41, 5.74) is 2.66. The Hall–Kier alpha value is -1.69. The first kappa shape index (κ1) is 14.3. The van der Waals surface area contributed by atoms with Crippen molar-refractivity contribution in [2.75, 3.05) is 6.54 Å². The van der Waals surface area contributed by atoms with Crippen LogP contribution in [-0.2, 0) is 7.05 Å². The van der Waals surface area contributed by atoms with Gasteiger partial charge < -0.3 is 4.90 Å². The van der Waals surface area contributed by atoms with Gasteiger partial charge in [-0.05, 0) is 33.1 Å². The monoisotopic (exact) mass is 304 g/mol. The van der Waals surface area contributed by atoms with Gasteiger partial charge in [-0.15, -0.1) is 11.3 Å². The SMILES string of the molecule is Cc1csc([C@@H]2CCCCN2C(=O)c2cnn(C)c2C)n1. The molecular formula is C15H20N4OS. The van der Waals surface area contributed by atoms with Crippen molar-refractivity contribution in [1.82, 2.24) is 19.7 Å². The molecule has 112 valence electrons. The zero-order valence-electron chi connectivity index (χ0n) is 12.7. The third kappa shape index (κ3) is 2.60. The van der Waals surface area contributed by atoms with Crippen LogP contribution in [0.3, 0.4) is 0 Å². The highest BCUT2D eigenvalue weighted by atomic mass is 32.1. The standard InChI is InChI=1S/C15H20N4OS/c1-10-9-21-14(17-10)13-6-4-5-7-19(13)15(20)12-8-16-18(3)11(12)2/h8-9,13H,4-7H2,1-3H3/t13-/m0/s1. The number of nitrogens with zero attached hydrogens (tertiary/aromatic N) is 4. The zero-order valence-corrected chi connectivity index (χ0v) is 13.5. The Balaban J connectivity index is 1.91. The third-order valence-electron chi connectivity index (χ3n) is 4.15. The Morgan fingerprint density at radius 3 is 2.81 bits per heavy atom. The van der Waals surface area contributed by atoms with Gasteiger partial charge in [-0.3, -0.25) is 9.48 Å². The van der Waals surface area contributed by atoms with Crippen LogP contribution in [0, 0.1) is 13.8 Å². The number of likely N-dealkylation sites (tertiary alicyclic amines) is 1. The molecule has 1 amide bonds. The fourth-order valence-electron chi connectivity index (χ4n) is 2.82. The predicted octanol–water partition coefficient (Wildman–Crippen LogP) is 2.86. The Kier molecular flexibility index (Phi) is 3.80. The van der Waals surface area contributed by atoms with Gasteiger partial charge >= 0.3 is 0 Å². The highest BCUT2D eigenvalue weighted by Crippen LogP contribution is 2.34. The summed E-state index contributed by atoms with van der Waals surface area (Å²) in [6.45, 7) is 4.74. The average Bonchev–Trinajstić information content (AvgIpc) is 3.06. The molecule has 2 aromatic rings. The van der Waals surface area contributed by atoms with Crippen LogP contribution in [0.2, 0.25) is 0 Å². The maximum Gasteiger partial charge on any atom is 0.257 e. The van der Waals surface area contributed by atoms with Gasteiger partial charge in [0.25, 0.3) is 5.91 Å². The molecule has 0 aromatic carbocycles. The molecule has 1 atom stereocenters. The smallest absolute Gasteiger partial charge is 0.257 e. The van der Waals surface area contributed by atoms with Crippen molar-refractivity contribution in [1.29, 1.82) is 0 Å². The van der Waals surface area contributed by atoms with Gasteiger partial charge in [-0.2, -0.15) is 5.10 Å². The number of carbonyl (C=O) groups excluding carboxylic acids is 1. The van der Waals surface area contributed by atoms with Crippen molar-refractivity contribution in [3.05, 3.63) is 33.5 Å². The van der Waals surface area contributed by atoms with Crippen LogP contribution in [0.25, 0.3) is 0 Å². The Morgan fingerprint density at radius 1 is 1.38 bits per heavy atom. The van der Waals surface area contributed by atoms with E-state index in [1.54, 1.807) is 22.2 Å². The molecule has 6 heteroatoms. The molecule has 0 bridgehead atoms. The lowest BCUT2D eigenvalue weighted by atomic mass is 10.0. The number of rotatable bonds is 2. The van der Waals surface area contributed by atoms with E-state index in [0.29, 0.717) is 5.56 Å². The molecule has 3 rings (SSSR count). The minimum Gasteiger partial charge on any atom is -0.329 e. The van der Waals surface area contributed by atoms with Crippen LogP contribution in [0.5, 0.6) is 0 Å². The number of aryl methyl sites for hydroxylation is 2. The molecular weight excluding hydrogens is 284 g/mol. The lowest BCUT2D eigenvalue weighted by Crippen LogP contribution is -2.38. The quantitative estimate of drug-likeness (QED) is 0.857. The highest BCUT2D eigenvalue weighted by molar-refractivity contribution is 7.09. The second-order valence-electron chi connectivity index (χ2n) is 5.60. The molecule has 5 nitrogen and oxygen atoms in total. The van der Waals surface area contributed by atoms with Crippen molar-refractivity contribution in [3.8, 4) is 0 Å². The second kappa shape index (κ2) is 5.60. The molecule has 0 aliphatic carbocycles. The Labute approximate surface area is 128 Å². The molecule has 1 aliphatic rings. The lowest BCUT2D eigenvalue weighted by molar-refractivity contribution is 0.0610. The minimum absolute atomic E-state index is 0.0816. The summed E-state index contributed by atoms with van der Waals surface area (Å²) in [5, 5.41) is 7.31.